The lowest BCUT2D eigenvalue weighted by Crippen LogP contribution is -2.28. The van der Waals surface area contributed by atoms with Crippen molar-refractivity contribution in [1.29, 1.82) is 0 Å². The molecule has 0 saturated carbocycles. The fourth-order valence-electron chi connectivity index (χ4n) is 2.35. The molecule has 0 fully saturated rings. The van der Waals surface area contributed by atoms with Crippen molar-refractivity contribution in [3.05, 3.63) is 71.3 Å². The van der Waals surface area contributed by atoms with Crippen LogP contribution in [0.2, 0.25) is 0 Å². The third-order valence-corrected chi connectivity index (χ3v) is 3.65. The van der Waals surface area contributed by atoms with Crippen LogP contribution in [0.5, 0.6) is 0 Å². The zero-order chi connectivity index (χ0) is 15.5. The summed E-state index contributed by atoms with van der Waals surface area (Å²) in [5.74, 6) is 0. The lowest BCUT2D eigenvalue weighted by molar-refractivity contribution is -0.137. The maximum absolute atomic E-state index is 12.8. The van der Waals surface area contributed by atoms with E-state index in [1.807, 2.05) is 30.3 Å². The fourth-order valence-corrected chi connectivity index (χ4v) is 2.35. The summed E-state index contributed by atoms with van der Waals surface area (Å²) in [6.45, 7) is 1.77. The Labute approximate surface area is 122 Å². The van der Waals surface area contributed by atoms with E-state index in [-0.39, 0.29) is 6.42 Å². The molecule has 4 heteroatoms. The molecule has 0 aliphatic carbocycles. The molecular formula is C17H17F3O. The Morgan fingerprint density at radius 3 is 2.10 bits per heavy atom. The van der Waals surface area contributed by atoms with Crippen LogP contribution < -0.4 is 0 Å². The normalized spacial score (nSPS) is 14.7. The van der Waals surface area contributed by atoms with E-state index in [9.17, 15) is 18.3 Å². The average molecular weight is 294 g/mol. The van der Waals surface area contributed by atoms with Crippen molar-refractivity contribution in [3.8, 4) is 0 Å². The Bertz CT molecular complexity index is 592. The van der Waals surface area contributed by atoms with Crippen LogP contribution in [0.4, 0.5) is 13.2 Å². The molecule has 112 valence electrons. The molecule has 1 unspecified atom stereocenters. The van der Waals surface area contributed by atoms with Crippen LogP contribution in [0.15, 0.2) is 54.6 Å². The first-order valence-corrected chi connectivity index (χ1v) is 6.79. The number of halogens is 3. The highest BCUT2D eigenvalue weighted by atomic mass is 19.4. The van der Waals surface area contributed by atoms with Gasteiger partial charge in [0.15, 0.2) is 0 Å². The molecule has 0 amide bonds. The lowest BCUT2D eigenvalue weighted by Gasteiger charge is -2.28. The Hall–Kier alpha value is -1.81. The van der Waals surface area contributed by atoms with Crippen LogP contribution >= 0.6 is 0 Å². The molecule has 0 spiro atoms. The third-order valence-electron chi connectivity index (χ3n) is 3.65. The monoisotopic (exact) mass is 294 g/mol. The highest BCUT2D eigenvalue weighted by Gasteiger charge is 2.34. The van der Waals surface area contributed by atoms with Gasteiger partial charge >= 0.3 is 6.18 Å². The topological polar surface area (TPSA) is 20.2 Å². The third kappa shape index (κ3) is 3.64. The summed E-state index contributed by atoms with van der Waals surface area (Å²) < 4.78 is 38.4. The first-order valence-electron chi connectivity index (χ1n) is 6.79. The van der Waals surface area contributed by atoms with Crippen molar-refractivity contribution < 1.29 is 18.3 Å². The molecule has 0 aromatic heterocycles. The maximum atomic E-state index is 12.8. The molecule has 21 heavy (non-hydrogen) atoms. The van der Waals surface area contributed by atoms with Crippen molar-refractivity contribution >= 4 is 0 Å². The molecule has 0 radical (unpaired) electrons. The van der Waals surface area contributed by atoms with E-state index in [0.29, 0.717) is 12.0 Å². The van der Waals surface area contributed by atoms with E-state index in [0.717, 1.165) is 17.7 Å². The van der Waals surface area contributed by atoms with Crippen molar-refractivity contribution in [2.24, 2.45) is 0 Å². The van der Waals surface area contributed by atoms with E-state index < -0.39 is 17.3 Å². The predicted octanol–water partition coefficient (Wildman–Crippen LogP) is 4.55. The van der Waals surface area contributed by atoms with Gasteiger partial charge in [-0.15, -0.1) is 0 Å². The quantitative estimate of drug-likeness (QED) is 0.877. The van der Waals surface area contributed by atoms with Gasteiger partial charge in [0.2, 0.25) is 0 Å². The molecule has 0 bridgehead atoms. The van der Waals surface area contributed by atoms with Gasteiger partial charge < -0.3 is 5.11 Å². The largest absolute Gasteiger partial charge is 0.416 e. The highest BCUT2D eigenvalue weighted by Crippen LogP contribution is 2.34. The minimum absolute atomic E-state index is 0.283. The zero-order valence-electron chi connectivity index (χ0n) is 11.7. The second kappa shape index (κ2) is 5.90. The smallest absolute Gasteiger partial charge is 0.385 e. The summed E-state index contributed by atoms with van der Waals surface area (Å²) in [4.78, 5) is 0. The second-order valence-corrected chi connectivity index (χ2v) is 5.13. The van der Waals surface area contributed by atoms with Gasteiger partial charge in [-0.25, -0.2) is 0 Å². The summed E-state index contributed by atoms with van der Waals surface area (Å²) in [6, 6.07) is 14.2. The predicted molar refractivity (Wildman–Crippen MR) is 75.8 cm³/mol. The van der Waals surface area contributed by atoms with Crippen LogP contribution in [-0.4, -0.2) is 5.11 Å². The van der Waals surface area contributed by atoms with Crippen LogP contribution in [0, 0.1) is 0 Å². The van der Waals surface area contributed by atoms with Gasteiger partial charge in [0.1, 0.15) is 0 Å². The number of alkyl halides is 3. The second-order valence-electron chi connectivity index (χ2n) is 5.13. The molecule has 1 nitrogen and oxygen atoms in total. The fraction of sp³-hybridized carbons (Fsp3) is 0.294. The standard InChI is InChI=1S/C17H17F3O/c1-2-16(21,12-13-7-4-3-5-8-13)14-9-6-10-15(11-14)17(18,19)20/h3-11,21H,2,12H2,1H3. The Kier molecular flexibility index (Phi) is 4.37. The summed E-state index contributed by atoms with van der Waals surface area (Å²) >= 11 is 0. The average Bonchev–Trinajstić information content (AvgIpc) is 2.47. The molecule has 1 N–H and O–H groups in total. The molecule has 1 atom stereocenters. The van der Waals surface area contributed by atoms with Crippen molar-refractivity contribution in [1.82, 2.24) is 0 Å². The maximum Gasteiger partial charge on any atom is 0.416 e. The summed E-state index contributed by atoms with van der Waals surface area (Å²) in [6.07, 6.45) is -3.79. The molecule has 2 aromatic rings. The van der Waals surface area contributed by atoms with Crippen LogP contribution in [0.25, 0.3) is 0 Å². The number of aliphatic hydroxyl groups is 1. The van der Waals surface area contributed by atoms with Gasteiger partial charge in [-0.1, -0.05) is 49.4 Å². The Morgan fingerprint density at radius 2 is 1.52 bits per heavy atom. The summed E-state index contributed by atoms with van der Waals surface area (Å²) in [5.41, 5.74) is -0.856. The SMILES string of the molecule is CCC(O)(Cc1ccccc1)c1cccc(C(F)(F)F)c1. The van der Waals surface area contributed by atoms with Gasteiger partial charge in [-0.2, -0.15) is 13.2 Å². The van der Waals surface area contributed by atoms with E-state index in [2.05, 4.69) is 0 Å². The van der Waals surface area contributed by atoms with Crippen LogP contribution in [-0.2, 0) is 18.2 Å². The first-order chi connectivity index (χ1) is 9.85. The van der Waals surface area contributed by atoms with Gasteiger partial charge in [0.05, 0.1) is 11.2 Å². The molecule has 0 saturated heterocycles. The van der Waals surface area contributed by atoms with Gasteiger partial charge in [-0.05, 0) is 29.7 Å². The van der Waals surface area contributed by atoms with E-state index in [4.69, 9.17) is 0 Å². The van der Waals surface area contributed by atoms with Gasteiger partial charge in [0.25, 0.3) is 0 Å². The molecule has 0 aliphatic heterocycles. The van der Waals surface area contributed by atoms with Crippen LogP contribution in [0.3, 0.4) is 0 Å². The van der Waals surface area contributed by atoms with E-state index >= 15 is 0 Å². The number of benzene rings is 2. The molecule has 2 aromatic carbocycles. The van der Waals surface area contributed by atoms with Crippen molar-refractivity contribution in [2.45, 2.75) is 31.5 Å². The molecular weight excluding hydrogens is 277 g/mol. The Morgan fingerprint density at radius 1 is 0.905 bits per heavy atom. The summed E-state index contributed by atoms with van der Waals surface area (Å²) in [5, 5.41) is 10.8. The molecule has 2 rings (SSSR count). The van der Waals surface area contributed by atoms with E-state index in [1.165, 1.54) is 6.07 Å². The number of rotatable bonds is 4. The van der Waals surface area contributed by atoms with Crippen molar-refractivity contribution in [3.63, 3.8) is 0 Å². The number of hydrogen-bond donors (Lipinski definition) is 1. The molecule has 0 aliphatic rings. The summed E-state index contributed by atoms with van der Waals surface area (Å²) in [7, 11) is 0. The minimum Gasteiger partial charge on any atom is -0.385 e. The van der Waals surface area contributed by atoms with Gasteiger partial charge in [-0.3, -0.25) is 0 Å². The lowest BCUT2D eigenvalue weighted by atomic mass is 9.84. The van der Waals surface area contributed by atoms with Crippen LogP contribution in [0.1, 0.15) is 30.0 Å². The van der Waals surface area contributed by atoms with E-state index in [1.54, 1.807) is 13.0 Å². The zero-order valence-corrected chi connectivity index (χ0v) is 11.7. The highest BCUT2D eigenvalue weighted by molar-refractivity contribution is 5.32. The van der Waals surface area contributed by atoms with Gasteiger partial charge in [0, 0.05) is 6.42 Å². The minimum atomic E-state index is -4.41. The molecule has 0 heterocycles. The van der Waals surface area contributed by atoms with Crippen molar-refractivity contribution in [2.75, 3.05) is 0 Å². The number of hydrogen-bond acceptors (Lipinski definition) is 1. The Balaban J connectivity index is 2.36. The first kappa shape index (κ1) is 15.6.